The first-order valence-electron chi connectivity index (χ1n) is 5.96. The van der Waals surface area contributed by atoms with E-state index in [2.05, 4.69) is 28.2 Å². The molecule has 0 saturated carbocycles. The lowest BCUT2D eigenvalue weighted by Crippen LogP contribution is -2.27. The number of ether oxygens (including phenoxy) is 1. The monoisotopic (exact) mass is 317 g/mol. The van der Waals surface area contributed by atoms with Crippen molar-refractivity contribution in [2.45, 2.75) is 19.8 Å². The molecule has 18 heavy (non-hydrogen) atoms. The van der Waals surface area contributed by atoms with E-state index in [1.54, 1.807) is 0 Å². The van der Waals surface area contributed by atoms with Crippen molar-refractivity contribution in [2.75, 3.05) is 19.8 Å². The highest BCUT2D eigenvalue weighted by Gasteiger charge is 2.10. The van der Waals surface area contributed by atoms with Gasteiger partial charge in [-0.2, -0.15) is 0 Å². The summed E-state index contributed by atoms with van der Waals surface area (Å²) in [6, 6.07) is 4.02. The van der Waals surface area contributed by atoms with Crippen molar-refractivity contribution in [3.05, 3.63) is 34.1 Å². The Morgan fingerprint density at radius 3 is 2.94 bits per heavy atom. The Bertz CT molecular complexity index is 399. The molecule has 0 atom stereocenters. The predicted octanol–water partition coefficient (Wildman–Crippen LogP) is 3.13. The van der Waals surface area contributed by atoms with Gasteiger partial charge in [0.1, 0.15) is 5.82 Å². The number of amides is 1. The standard InChI is InChI=1S/C13H17BrFNO2/c1-2-3-7-18-8-6-16-13(17)11-9-10(15)4-5-12(11)14/h4-5,9H,2-3,6-8H2,1H3,(H,16,17). The van der Waals surface area contributed by atoms with Gasteiger partial charge in [0, 0.05) is 17.6 Å². The Hall–Kier alpha value is -0.940. The summed E-state index contributed by atoms with van der Waals surface area (Å²) in [6.45, 7) is 3.69. The van der Waals surface area contributed by atoms with Crippen molar-refractivity contribution in [1.82, 2.24) is 5.32 Å². The third kappa shape index (κ3) is 5.14. The van der Waals surface area contributed by atoms with Crippen LogP contribution in [0.2, 0.25) is 0 Å². The van der Waals surface area contributed by atoms with E-state index in [1.807, 2.05) is 0 Å². The SMILES string of the molecule is CCCCOCCNC(=O)c1cc(F)ccc1Br. The zero-order chi connectivity index (χ0) is 13.4. The highest BCUT2D eigenvalue weighted by atomic mass is 79.9. The van der Waals surface area contributed by atoms with Crippen LogP contribution in [0.15, 0.2) is 22.7 Å². The Labute approximate surface area is 115 Å². The molecule has 3 nitrogen and oxygen atoms in total. The first-order valence-corrected chi connectivity index (χ1v) is 6.75. The number of carbonyl (C=O) groups excluding carboxylic acids is 1. The van der Waals surface area contributed by atoms with E-state index in [0.29, 0.717) is 29.8 Å². The molecule has 0 aliphatic heterocycles. The number of nitrogens with one attached hydrogen (secondary N) is 1. The van der Waals surface area contributed by atoms with Gasteiger partial charge in [0.25, 0.3) is 5.91 Å². The maximum absolute atomic E-state index is 13.0. The molecule has 0 aliphatic carbocycles. The zero-order valence-electron chi connectivity index (χ0n) is 10.3. The van der Waals surface area contributed by atoms with Gasteiger partial charge in [0.2, 0.25) is 0 Å². The third-order valence-electron chi connectivity index (χ3n) is 2.35. The lowest BCUT2D eigenvalue weighted by atomic mass is 10.2. The summed E-state index contributed by atoms with van der Waals surface area (Å²) in [5.41, 5.74) is 0.295. The summed E-state index contributed by atoms with van der Waals surface area (Å²) >= 11 is 3.22. The summed E-state index contributed by atoms with van der Waals surface area (Å²) in [4.78, 5) is 11.7. The number of rotatable bonds is 7. The molecule has 1 rings (SSSR count). The molecule has 0 fully saturated rings. The second kappa shape index (κ2) is 8.21. The predicted molar refractivity (Wildman–Crippen MR) is 72.2 cm³/mol. The quantitative estimate of drug-likeness (QED) is 0.785. The molecule has 5 heteroatoms. The van der Waals surface area contributed by atoms with E-state index in [1.165, 1.54) is 18.2 Å². The van der Waals surface area contributed by atoms with Gasteiger partial charge in [0.05, 0.1) is 12.2 Å². The van der Waals surface area contributed by atoms with E-state index < -0.39 is 5.82 Å². The maximum atomic E-state index is 13.0. The van der Waals surface area contributed by atoms with Crippen molar-refractivity contribution in [2.24, 2.45) is 0 Å². The number of halogens is 2. The van der Waals surface area contributed by atoms with Gasteiger partial charge < -0.3 is 10.1 Å². The first kappa shape index (κ1) is 15.1. The van der Waals surface area contributed by atoms with Crippen LogP contribution in [0, 0.1) is 5.82 Å². The van der Waals surface area contributed by atoms with Crippen molar-refractivity contribution >= 4 is 21.8 Å². The first-order chi connectivity index (χ1) is 8.65. The normalized spacial score (nSPS) is 10.4. The van der Waals surface area contributed by atoms with Crippen LogP contribution in [0.1, 0.15) is 30.1 Å². The van der Waals surface area contributed by atoms with Crippen LogP contribution in [-0.4, -0.2) is 25.7 Å². The number of carbonyl (C=O) groups is 1. The van der Waals surface area contributed by atoms with Crippen molar-refractivity contribution in [3.8, 4) is 0 Å². The maximum Gasteiger partial charge on any atom is 0.252 e. The van der Waals surface area contributed by atoms with Gasteiger partial charge in [-0.1, -0.05) is 13.3 Å². The van der Waals surface area contributed by atoms with Gasteiger partial charge >= 0.3 is 0 Å². The van der Waals surface area contributed by atoms with Crippen LogP contribution < -0.4 is 5.32 Å². The molecule has 1 N–H and O–H groups in total. The molecule has 0 aliphatic rings. The summed E-state index contributed by atoms with van der Waals surface area (Å²) in [5, 5.41) is 2.68. The topological polar surface area (TPSA) is 38.3 Å². The fraction of sp³-hybridized carbons (Fsp3) is 0.462. The van der Waals surface area contributed by atoms with Gasteiger partial charge in [-0.15, -0.1) is 0 Å². The average Bonchev–Trinajstić information content (AvgIpc) is 2.36. The van der Waals surface area contributed by atoms with Crippen LogP contribution in [-0.2, 0) is 4.74 Å². The van der Waals surface area contributed by atoms with Gasteiger partial charge in [-0.25, -0.2) is 4.39 Å². The second-order valence-electron chi connectivity index (χ2n) is 3.85. The van der Waals surface area contributed by atoms with Crippen LogP contribution in [0.3, 0.4) is 0 Å². The molecular weight excluding hydrogens is 301 g/mol. The Morgan fingerprint density at radius 1 is 1.44 bits per heavy atom. The molecule has 0 bridgehead atoms. The minimum atomic E-state index is -0.428. The molecule has 1 amide bonds. The molecular formula is C13H17BrFNO2. The lowest BCUT2D eigenvalue weighted by molar-refractivity contribution is 0.0911. The molecule has 0 saturated heterocycles. The van der Waals surface area contributed by atoms with E-state index in [9.17, 15) is 9.18 Å². The molecule has 0 heterocycles. The number of hydrogen-bond donors (Lipinski definition) is 1. The van der Waals surface area contributed by atoms with Crippen LogP contribution in [0.4, 0.5) is 4.39 Å². The Morgan fingerprint density at radius 2 is 2.22 bits per heavy atom. The molecule has 1 aromatic carbocycles. The number of hydrogen-bond acceptors (Lipinski definition) is 2. The van der Waals surface area contributed by atoms with Crippen LogP contribution in [0.5, 0.6) is 0 Å². The van der Waals surface area contributed by atoms with Gasteiger partial charge in [-0.3, -0.25) is 4.79 Å². The fourth-order valence-electron chi connectivity index (χ4n) is 1.35. The molecule has 0 unspecified atom stereocenters. The van der Waals surface area contributed by atoms with E-state index in [-0.39, 0.29) is 5.91 Å². The molecule has 0 aromatic heterocycles. The summed E-state index contributed by atoms with van der Waals surface area (Å²) < 4.78 is 18.9. The molecule has 1 aromatic rings. The van der Waals surface area contributed by atoms with E-state index >= 15 is 0 Å². The van der Waals surface area contributed by atoms with E-state index in [4.69, 9.17) is 4.74 Å². The average molecular weight is 318 g/mol. The van der Waals surface area contributed by atoms with Gasteiger partial charge in [-0.05, 0) is 40.5 Å². The Balaban J connectivity index is 2.34. The third-order valence-corrected chi connectivity index (χ3v) is 3.04. The zero-order valence-corrected chi connectivity index (χ0v) is 11.9. The highest BCUT2D eigenvalue weighted by Crippen LogP contribution is 2.17. The van der Waals surface area contributed by atoms with Crippen LogP contribution in [0.25, 0.3) is 0 Å². The van der Waals surface area contributed by atoms with Crippen LogP contribution >= 0.6 is 15.9 Å². The van der Waals surface area contributed by atoms with Gasteiger partial charge in [0.15, 0.2) is 0 Å². The number of unbranched alkanes of at least 4 members (excludes halogenated alkanes) is 1. The summed E-state index contributed by atoms with van der Waals surface area (Å²) in [5.74, 6) is -0.733. The second-order valence-corrected chi connectivity index (χ2v) is 4.70. The largest absolute Gasteiger partial charge is 0.380 e. The lowest BCUT2D eigenvalue weighted by Gasteiger charge is -2.07. The molecule has 0 radical (unpaired) electrons. The summed E-state index contributed by atoms with van der Waals surface area (Å²) in [6.07, 6.45) is 2.10. The minimum absolute atomic E-state index is 0.295. The summed E-state index contributed by atoms with van der Waals surface area (Å²) in [7, 11) is 0. The van der Waals surface area contributed by atoms with E-state index in [0.717, 1.165) is 12.8 Å². The highest BCUT2D eigenvalue weighted by molar-refractivity contribution is 9.10. The van der Waals surface area contributed by atoms with Crippen molar-refractivity contribution in [1.29, 1.82) is 0 Å². The van der Waals surface area contributed by atoms with Crippen molar-refractivity contribution in [3.63, 3.8) is 0 Å². The molecule has 0 spiro atoms. The Kier molecular flexibility index (Phi) is 6.90. The molecule has 100 valence electrons. The minimum Gasteiger partial charge on any atom is -0.380 e. The smallest absolute Gasteiger partial charge is 0.252 e. The fourth-order valence-corrected chi connectivity index (χ4v) is 1.78. The van der Waals surface area contributed by atoms with Crippen molar-refractivity contribution < 1.29 is 13.9 Å². The number of benzene rings is 1.